The second kappa shape index (κ2) is 6.15. The van der Waals surface area contributed by atoms with E-state index in [2.05, 4.69) is 9.97 Å². The first-order valence-corrected chi connectivity index (χ1v) is 7.44. The lowest BCUT2D eigenvalue weighted by Gasteiger charge is -2.21. The first-order valence-electron chi connectivity index (χ1n) is 7.06. The van der Waals surface area contributed by atoms with Crippen molar-refractivity contribution in [2.45, 2.75) is 13.3 Å². The summed E-state index contributed by atoms with van der Waals surface area (Å²) in [5.74, 6) is 0.369. The molecule has 5 nitrogen and oxygen atoms in total. The van der Waals surface area contributed by atoms with Gasteiger partial charge >= 0.3 is 0 Å². The van der Waals surface area contributed by atoms with Gasteiger partial charge in [-0.1, -0.05) is 18.5 Å². The number of hydrogen-bond donors (Lipinski definition) is 0. The molecule has 0 aliphatic carbocycles. The molecule has 3 rings (SSSR count). The fourth-order valence-corrected chi connectivity index (χ4v) is 2.39. The minimum absolute atomic E-state index is 0.144. The van der Waals surface area contributed by atoms with Crippen molar-refractivity contribution in [1.82, 2.24) is 14.4 Å². The molecular weight excluding hydrogens is 300 g/mol. The van der Waals surface area contributed by atoms with Crippen molar-refractivity contribution in [2.24, 2.45) is 0 Å². The van der Waals surface area contributed by atoms with Gasteiger partial charge in [-0.15, -0.1) is 0 Å². The zero-order valence-corrected chi connectivity index (χ0v) is 12.9. The van der Waals surface area contributed by atoms with Crippen molar-refractivity contribution < 1.29 is 4.79 Å². The van der Waals surface area contributed by atoms with Crippen LogP contribution in [0.1, 0.15) is 23.8 Å². The molecule has 6 heteroatoms. The Morgan fingerprint density at radius 3 is 2.77 bits per heavy atom. The summed E-state index contributed by atoms with van der Waals surface area (Å²) in [5.41, 5.74) is 1.18. The summed E-state index contributed by atoms with van der Waals surface area (Å²) >= 11 is 5.92. The van der Waals surface area contributed by atoms with Gasteiger partial charge in [-0.25, -0.2) is 9.97 Å². The van der Waals surface area contributed by atoms with Crippen molar-refractivity contribution in [3.05, 3.63) is 59.6 Å². The van der Waals surface area contributed by atoms with E-state index in [1.807, 2.05) is 25.3 Å². The van der Waals surface area contributed by atoms with Crippen LogP contribution in [-0.4, -0.2) is 26.8 Å². The number of amides is 1. The number of benzene rings is 1. The number of fused-ring (bicyclic) bond motifs is 1. The van der Waals surface area contributed by atoms with Crippen molar-refractivity contribution >= 4 is 29.0 Å². The van der Waals surface area contributed by atoms with E-state index in [1.54, 1.807) is 39.9 Å². The van der Waals surface area contributed by atoms with Gasteiger partial charge in [0.05, 0.1) is 0 Å². The standard InChI is InChI=1S/C16H15ClN4O/c1-2-9-21(13-6-4-12(17)5-7-13)15(22)14-11-20-10-3-8-18-16(20)19-14/h3-8,10-11H,2,9H2,1H3. The number of halogens is 1. The van der Waals surface area contributed by atoms with Gasteiger partial charge in [-0.2, -0.15) is 0 Å². The smallest absolute Gasteiger partial charge is 0.278 e. The Kier molecular flexibility index (Phi) is 4.06. The second-order valence-corrected chi connectivity index (χ2v) is 5.32. The number of nitrogens with zero attached hydrogens (tertiary/aromatic N) is 4. The van der Waals surface area contributed by atoms with Crippen LogP contribution in [0.5, 0.6) is 0 Å². The lowest BCUT2D eigenvalue weighted by molar-refractivity contribution is 0.0982. The Hall–Kier alpha value is -2.40. The molecule has 0 saturated heterocycles. The summed E-state index contributed by atoms with van der Waals surface area (Å²) in [7, 11) is 0. The molecule has 0 spiro atoms. The van der Waals surface area contributed by atoms with Gasteiger partial charge in [0, 0.05) is 35.8 Å². The number of anilines is 1. The number of rotatable bonds is 4. The van der Waals surface area contributed by atoms with E-state index in [0.29, 0.717) is 23.0 Å². The number of imidazole rings is 1. The first kappa shape index (κ1) is 14.5. The van der Waals surface area contributed by atoms with E-state index in [0.717, 1.165) is 12.1 Å². The average molecular weight is 315 g/mol. The Balaban J connectivity index is 1.96. The lowest BCUT2D eigenvalue weighted by atomic mass is 10.2. The molecule has 2 aromatic heterocycles. The molecule has 0 aliphatic heterocycles. The Morgan fingerprint density at radius 1 is 1.32 bits per heavy atom. The van der Waals surface area contributed by atoms with Gasteiger partial charge in [0.15, 0.2) is 0 Å². The molecule has 0 atom stereocenters. The predicted octanol–water partition coefficient (Wildman–Crippen LogP) is 3.44. The third-order valence-corrected chi connectivity index (χ3v) is 3.54. The molecular formula is C16H15ClN4O. The zero-order chi connectivity index (χ0) is 15.5. The largest absolute Gasteiger partial charge is 0.307 e. The Labute approximate surface area is 133 Å². The average Bonchev–Trinajstić information content (AvgIpc) is 2.97. The van der Waals surface area contributed by atoms with Crippen LogP contribution >= 0.6 is 11.6 Å². The van der Waals surface area contributed by atoms with Crippen molar-refractivity contribution in [2.75, 3.05) is 11.4 Å². The van der Waals surface area contributed by atoms with Gasteiger partial charge < -0.3 is 4.90 Å². The van der Waals surface area contributed by atoms with E-state index in [-0.39, 0.29) is 5.91 Å². The van der Waals surface area contributed by atoms with Crippen LogP contribution in [0, 0.1) is 0 Å². The van der Waals surface area contributed by atoms with Crippen molar-refractivity contribution in [3.8, 4) is 0 Å². The van der Waals surface area contributed by atoms with E-state index in [1.165, 1.54) is 0 Å². The molecule has 0 radical (unpaired) electrons. The molecule has 3 aromatic rings. The highest BCUT2D eigenvalue weighted by Gasteiger charge is 2.20. The van der Waals surface area contributed by atoms with Gasteiger partial charge in [0.25, 0.3) is 5.91 Å². The molecule has 0 unspecified atom stereocenters. The third-order valence-electron chi connectivity index (χ3n) is 3.29. The molecule has 22 heavy (non-hydrogen) atoms. The van der Waals surface area contributed by atoms with E-state index in [9.17, 15) is 4.79 Å². The highest BCUT2D eigenvalue weighted by molar-refractivity contribution is 6.30. The van der Waals surface area contributed by atoms with E-state index in [4.69, 9.17) is 11.6 Å². The van der Waals surface area contributed by atoms with Crippen LogP contribution in [0.4, 0.5) is 5.69 Å². The van der Waals surface area contributed by atoms with Crippen LogP contribution in [0.2, 0.25) is 5.02 Å². The maximum Gasteiger partial charge on any atom is 0.278 e. The molecule has 0 fully saturated rings. The highest BCUT2D eigenvalue weighted by Crippen LogP contribution is 2.20. The molecule has 1 aromatic carbocycles. The number of carbonyl (C=O) groups excluding carboxylic acids is 1. The summed E-state index contributed by atoms with van der Waals surface area (Å²) < 4.78 is 1.74. The summed E-state index contributed by atoms with van der Waals surface area (Å²) in [6.45, 7) is 2.64. The monoisotopic (exact) mass is 314 g/mol. The fourth-order valence-electron chi connectivity index (χ4n) is 2.26. The molecule has 0 bridgehead atoms. The van der Waals surface area contributed by atoms with E-state index >= 15 is 0 Å². The molecule has 1 amide bonds. The van der Waals surface area contributed by atoms with Crippen LogP contribution in [0.3, 0.4) is 0 Å². The SMILES string of the molecule is CCCN(C(=O)c1cn2cccnc2n1)c1ccc(Cl)cc1. The van der Waals surface area contributed by atoms with Crippen LogP contribution in [0.15, 0.2) is 48.9 Å². The highest BCUT2D eigenvalue weighted by atomic mass is 35.5. The van der Waals surface area contributed by atoms with Gasteiger partial charge in [-0.3, -0.25) is 9.20 Å². The topological polar surface area (TPSA) is 50.5 Å². The summed E-state index contributed by atoms with van der Waals surface area (Å²) in [6.07, 6.45) is 6.02. The number of aromatic nitrogens is 3. The third kappa shape index (κ3) is 2.80. The van der Waals surface area contributed by atoms with Crippen molar-refractivity contribution in [1.29, 1.82) is 0 Å². The second-order valence-electron chi connectivity index (χ2n) is 4.89. The Bertz CT molecular complexity index is 764. The first-order chi connectivity index (χ1) is 10.7. The van der Waals surface area contributed by atoms with Crippen LogP contribution in [-0.2, 0) is 0 Å². The summed E-state index contributed by atoms with van der Waals surface area (Å²) in [4.78, 5) is 22.9. The minimum atomic E-state index is -0.144. The van der Waals surface area contributed by atoms with Gasteiger partial charge in [0.1, 0.15) is 5.69 Å². The van der Waals surface area contributed by atoms with Gasteiger partial charge in [0.2, 0.25) is 5.78 Å². The fraction of sp³-hybridized carbons (Fsp3) is 0.188. The lowest BCUT2D eigenvalue weighted by Crippen LogP contribution is -2.31. The van der Waals surface area contributed by atoms with Crippen LogP contribution < -0.4 is 4.90 Å². The van der Waals surface area contributed by atoms with Gasteiger partial charge in [-0.05, 0) is 36.8 Å². The molecule has 0 aliphatic rings. The van der Waals surface area contributed by atoms with Crippen LogP contribution in [0.25, 0.3) is 5.78 Å². The normalized spacial score (nSPS) is 10.8. The molecule has 0 N–H and O–H groups in total. The van der Waals surface area contributed by atoms with Crippen molar-refractivity contribution in [3.63, 3.8) is 0 Å². The number of hydrogen-bond acceptors (Lipinski definition) is 3. The minimum Gasteiger partial charge on any atom is -0.307 e. The molecule has 112 valence electrons. The quantitative estimate of drug-likeness (QED) is 0.741. The predicted molar refractivity (Wildman–Crippen MR) is 86.4 cm³/mol. The maximum atomic E-state index is 12.8. The molecule has 0 saturated carbocycles. The maximum absolute atomic E-state index is 12.8. The summed E-state index contributed by atoms with van der Waals surface area (Å²) in [6, 6.07) is 9.02. The van der Waals surface area contributed by atoms with E-state index < -0.39 is 0 Å². The zero-order valence-electron chi connectivity index (χ0n) is 12.1. The molecule has 2 heterocycles. The Morgan fingerprint density at radius 2 is 2.09 bits per heavy atom. The number of carbonyl (C=O) groups is 1. The summed E-state index contributed by atoms with van der Waals surface area (Å²) in [5, 5.41) is 0.643.